The van der Waals surface area contributed by atoms with Crippen molar-refractivity contribution in [2.24, 2.45) is 0 Å². The predicted molar refractivity (Wildman–Crippen MR) is 134 cm³/mol. The first kappa shape index (κ1) is 25.3. The zero-order valence-corrected chi connectivity index (χ0v) is 20.6. The molecule has 0 aliphatic carbocycles. The van der Waals surface area contributed by atoms with Crippen LogP contribution in [0.3, 0.4) is 0 Å². The maximum atomic E-state index is 12.7. The zero-order valence-electron chi connectivity index (χ0n) is 19.0. The van der Waals surface area contributed by atoms with Crippen LogP contribution >= 0.6 is 11.6 Å². The lowest BCUT2D eigenvalue weighted by Crippen LogP contribution is -2.29. The molecule has 0 fully saturated rings. The number of nitrogens with zero attached hydrogens (tertiary/aromatic N) is 1. The number of nitrogens with one attached hydrogen (secondary N) is 1. The highest BCUT2D eigenvalue weighted by atomic mass is 35.5. The monoisotopic (exact) mass is 500 g/mol. The SMILES string of the molecule is CCOC(=O)c1cc(NC(=O)c2ccc(N(Cc3ccc(C)cc3)S(C)(=O)=O)cc2)ccc1Cl. The molecule has 0 saturated heterocycles. The summed E-state index contributed by atoms with van der Waals surface area (Å²) in [4.78, 5) is 24.7. The molecule has 0 spiro atoms. The van der Waals surface area contributed by atoms with Crippen LogP contribution < -0.4 is 9.62 Å². The number of rotatable bonds is 8. The van der Waals surface area contributed by atoms with E-state index in [1.54, 1.807) is 37.3 Å². The number of aryl methyl sites for hydroxylation is 1. The molecule has 9 heteroatoms. The minimum atomic E-state index is -3.55. The fourth-order valence-corrected chi connectivity index (χ4v) is 4.29. The summed E-state index contributed by atoms with van der Waals surface area (Å²) in [7, 11) is -3.55. The highest BCUT2D eigenvalue weighted by Crippen LogP contribution is 2.24. The van der Waals surface area contributed by atoms with Gasteiger partial charge in [0.25, 0.3) is 5.91 Å². The van der Waals surface area contributed by atoms with E-state index in [1.165, 1.54) is 16.4 Å². The van der Waals surface area contributed by atoms with Crippen LogP contribution in [0.2, 0.25) is 5.02 Å². The van der Waals surface area contributed by atoms with E-state index in [1.807, 2.05) is 31.2 Å². The highest BCUT2D eigenvalue weighted by Gasteiger charge is 2.19. The molecule has 0 aliphatic rings. The van der Waals surface area contributed by atoms with E-state index in [4.69, 9.17) is 16.3 Å². The first-order chi connectivity index (χ1) is 16.1. The van der Waals surface area contributed by atoms with Gasteiger partial charge in [0.1, 0.15) is 0 Å². The van der Waals surface area contributed by atoms with Crippen molar-refractivity contribution in [1.29, 1.82) is 0 Å². The molecule has 1 amide bonds. The number of ether oxygens (including phenoxy) is 1. The average molecular weight is 501 g/mol. The fraction of sp³-hybridized carbons (Fsp3) is 0.200. The van der Waals surface area contributed by atoms with Crippen LogP contribution in [0.1, 0.15) is 38.8 Å². The van der Waals surface area contributed by atoms with Crippen molar-refractivity contribution in [3.8, 4) is 0 Å². The molecule has 0 radical (unpaired) electrons. The quantitative estimate of drug-likeness (QED) is 0.437. The summed E-state index contributed by atoms with van der Waals surface area (Å²) in [5.74, 6) is -1.00. The normalized spacial score (nSPS) is 11.1. The van der Waals surface area contributed by atoms with Crippen LogP contribution in [0.15, 0.2) is 66.7 Å². The molecule has 0 saturated carbocycles. The highest BCUT2D eigenvalue weighted by molar-refractivity contribution is 7.92. The van der Waals surface area contributed by atoms with Crippen molar-refractivity contribution < 1.29 is 22.7 Å². The van der Waals surface area contributed by atoms with Gasteiger partial charge in [0.15, 0.2) is 0 Å². The van der Waals surface area contributed by atoms with E-state index in [0.29, 0.717) is 16.9 Å². The largest absolute Gasteiger partial charge is 0.462 e. The van der Waals surface area contributed by atoms with Gasteiger partial charge in [-0.3, -0.25) is 9.10 Å². The Morgan fingerprint density at radius 3 is 2.24 bits per heavy atom. The Morgan fingerprint density at radius 1 is 1.00 bits per heavy atom. The summed E-state index contributed by atoms with van der Waals surface area (Å²) in [6, 6.07) is 18.4. The summed E-state index contributed by atoms with van der Waals surface area (Å²) in [5.41, 5.74) is 3.21. The van der Waals surface area contributed by atoms with Crippen molar-refractivity contribution in [3.63, 3.8) is 0 Å². The summed E-state index contributed by atoms with van der Waals surface area (Å²) in [6.45, 7) is 4.02. The molecule has 7 nitrogen and oxygen atoms in total. The summed E-state index contributed by atoms with van der Waals surface area (Å²) < 4.78 is 31.1. The van der Waals surface area contributed by atoms with Crippen LogP contribution in [-0.2, 0) is 21.3 Å². The number of sulfonamides is 1. The van der Waals surface area contributed by atoms with Crippen molar-refractivity contribution >= 4 is 44.9 Å². The molecule has 0 atom stereocenters. The number of esters is 1. The fourth-order valence-electron chi connectivity index (χ4n) is 3.21. The Labute approximate surface area is 204 Å². The van der Waals surface area contributed by atoms with Gasteiger partial charge in [-0.1, -0.05) is 41.4 Å². The molecule has 0 unspecified atom stereocenters. The predicted octanol–water partition coefficient (Wildman–Crippen LogP) is 5.04. The van der Waals surface area contributed by atoms with Gasteiger partial charge in [-0.25, -0.2) is 13.2 Å². The van der Waals surface area contributed by atoms with Crippen LogP contribution in [0, 0.1) is 6.92 Å². The zero-order chi connectivity index (χ0) is 24.9. The van der Waals surface area contributed by atoms with Gasteiger partial charge in [0.2, 0.25) is 10.0 Å². The van der Waals surface area contributed by atoms with Gasteiger partial charge >= 0.3 is 5.97 Å². The lowest BCUT2D eigenvalue weighted by Gasteiger charge is -2.23. The van der Waals surface area contributed by atoms with E-state index < -0.39 is 21.9 Å². The summed E-state index contributed by atoms with van der Waals surface area (Å²) in [5, 5.41) is 2.93. The maximum Gasteiger partial charge on any atom is 0.339 e. The van der Waals surface area contributed by atoms with Crippen molar-refractivity contribution in [2.75, 3.05) is 22.5 Å². The maximum absolute atomic E-state index is 12.7. The second-order valence-electron chi connectivity index (χ2n) is 7.67. The standard InChI is InChI=1S/C25H25ClN2O5S/c1-4-33-25(30)22-15-20(11-14-23(22)26)27-24(29)19-9-12-21(13-10-19)28(34(3,31)32)16-18-7-5-17(2)6-8-18/h5-15H,4,16H2,1-3H3,(H,27,29). The summed E-state index contributed by atoms with van der Waals surface area (Å²) >= 11 is 6.06. The third-order valence-corrected chi connectivity index (χ3v) is 6.45. The van der Waals surface area contributed by atoms with Crippen LogP contribution in [-0.4, -0.2) is 33.2 Å². The number of hydrogen-bond acceptors (Lipinski definition) is 5. The van der Waals surface area contributed by atoms with Gasteiger partial charge in [0, 0.05) is 11.3 Å². The van der Waals surface area contributed by atoms with Crippen LogP contribution in [0.25, 0.3) is 0 Å². The van der Waals surface area contributed by atoms with E-state index in [-0.39, 0.29) is 23.7 Å². The number of carbonyl (C=O) groups is 2. The first-order valence-corrected chi connectivity index (χ1v) is 12.7. The molecule has 3 aromatic rings. The third-order valence-electron chi connectivity index (χ3n) is 4.98. The second kappa shape index (κ2) is 10.7. The first-order valence-electron chi connectivity index (χ1n) is 10.5. The van der Waals surface area contributed by atoms with Gasteiger partial charge in [-0.2, -0.15) is 0 Å². The molecule has 0 aliphatic heterocycles. The summed E-state index contributed by atoms with van der Waals surface area (Å²) in [6.07, 6.45) is 1.14. The number of hydrogen-bond donors (Lipinski definition) is 1. The molecule has 1 N–H and O–H groups in total. The second-order valence-corrected chi connectivity index (χ2v) is 9.99. The van der Waals surface area contributed by atoms with Gasteiger partial charge in [-0.15, -0.1) is 0 Å². The number of benzene rings is 3. The Balaban J connectivity index is 1.78. The average Bonchev–Trinajstić information content (AvgIpc) is 2.79. The van der Waals surface area contributed by atoms with E-state index in [2.05, 4.69) is 5.32 Å². The molecule has 34 heavy (non-hydrogen) atoms. The molecular weight excluding hydrogens is 476 g/mol. The Bertz CT molecular complexity index is 1290. The smallest absolute Gasteiger partial charge is 0.339 e. The lowest BCUT2D eigenvalue weighted by atomic mass is 10.1. The number of amides is 1. The number of anilines is 2. The van der Waals surface area contributed by atoms with E-state index >= 15 is 0 Å². The van der Waals surface area contributed by atoms with Crippen molar-refractivity contribution in [3.05, 3.63) is 94.0 Å². The van der Waals surface area contributed by atoms with Gasteiger partial charge < -0.3 is 10.1 Å². The minimum Gasteiger partial charge on any atom is -0.462 e. The van der Waals surface area contributed by atoms with Gasteiger partial charge in [0.05, 0.1) is 35.7 Å². The van der Waals surface area contributed by atoms with E-state index in [9.17, 15) is 18.0 Å². The van der Waals surface area contributed by atoms with E-state index in [0.717, 1.165) is 17.4 Å². The van der Waals surface area contributed by atoms with Crippen LogP contribution in [0.5, 0.6) is 0 Å². The molecule has 0 bridgehead atoms. The molecular formula is C25H25ClN2O5S. The lowest BCUT2D eigenvalue weighted by molar-refractivity contribution is 0.0526. The van der Waals surface area contributed by atoms with Crippen molar-refractivity contribution in [2.45, 2.75) is 20.4 Å². The Hall–Kier alpha value is -3.36. The Kier molecular flexibility index (Phi) is 7.96. The number of carbonyl (C=O) groups excluding carboxylic acids is 2. The third kappa shape index (κ3) is 6.36. The number of halogens is 1. The minimum absolute atomic E-state index is 0.150. The van der Waals surface area contributed by atoms with Crippen LogP contribution in [0.4, 0.5) is 11.4 Å². The Morgan fingerprint density at radius 2 is 1.65 bits per heavy atom. The molecule has 3 aromatic carbocycles. The molecule has 178 valence electrons. The van der Waals surface area contributed by atoms with Gasteiger partial charge in [-0.05, 0) is 61.9 Å². The van der Waals surface area contributed by atoms with Crippen molar-refractivity contribution in [1.82, 2.24) is 0 Å². The topological polar surface area (TPSA) is 92.8 Å². The molecule has 0 aromatic heterocycles. The molecule has 3 rings (SSSR count). The molecule has 0 heterocycles.